The van der Waals surface area contributed by atoms with E-state index < -0.39 is 0 Å². The molecule has 0 bridgehead atoms. The molecule has 0 radical (unpaired) electrons. The Kier molecular flexibility index (Phi) is 11.5. The van der Waals surface area contributed by atoms with Crippen molar-refractivity contribution >= 4 is 5.78 Å². The molecular weight excluding hydrogens is 220 g/mol. The van der Waals surface area contributed by atoms with E-state index in [9.17, 15) is 4.79 Å². The van der Waals surface area contributed by atoms with Gasteiger partial charge in [-0.1, -0.05) is 31.6 Å². The van der Waals surface area contributed by atoms with Gasteiger partial charge in [0.25, 0.3) is 0 Å². The van der Waals surface area contributed by atoms with Crippen molar-refractivity contribution in [1.29, 1.82) is 0 Å². The van der Waals surface area contributed by atoms with Gasteiger partial charge < -0.3 is 0 Å². The summed E-state index contributed by atoms with van der Waals surface area (Å²) in [7, 11) is 0. The quantitative estimate of drug-likeness (QED) is 0.543. The average Bonchev–Trinajstić information content (AvgIpc) is 2.37. The third kappa shape index (κ3) is 12.0. The normalized spacial score (nSPS) is 7.22. The number of unbranched alkanes of at least 4 members (excludes halogenated alkanes) is 2. The van der Waals surface area contributed by atoms with Crippen LogP contribution < -0.4 is 0 Å². The zero-order chi connectivity index (χ0) is 13.5. The van der Waals surface area contributed by atoms with Gasteiger partial charge in [0.1, 0.15) is 0 Å². The zero-order valence-electron chi connectivity index (χ0n) is 11.2. The van der Waals surface area contributed by atoms with E-state index >= 15 is 0 Å². The predicted molar refractivity (Wildman–Crippen MR) is 75.2 cm³/mol. The van der Waals surface area contributed by atoms with Crippen LogP contribution in [-0.2, 0) is 4.79 Å². The number of carbonyl (C=O) groups is 1. The third-order valence-electron chi connectivity index (χ3n) is 1.82. The number of hydrogen-bond donors (Lipinski definition) is 0. The Bertz CT molecular complexity index is 481. The van der Waals surface area contributed by atoms with Gasteiger partial charge in [-0.15, -0.1) is 0 Å². The molecule has 0 aliphatic heterocycles. The summed E-state index contributed by atoms with van der Waals surface area (Å²) in [6.07, 6.45) is 4.61. The first-order valence-electron chi connectivity index (χ1n) is 6.28. The molecule has 0 atom stereocenters. The zero-order valence-corrected chi connectivity index (χ0v) is 11.2. The van der Waals surface area contributed by atoms with Gasteiger partial charge in [0.2, 0.25) is 5.78 Å². The standard InChI is InChI=1S/C17H18O/c1-3-5-7-9-10-12-14-16-17(18)15-13-11-8-6-4-2/h3-6,14,16H2,1-2H3. The molecule has 0 fully saturated rings. The molecule has 0 aromatic heterocycles. The second kappa shape index (κ2) is 13.0. The van der Waals surface area contributed by atoms with E-state index in [1.807, 2.05) is 0 Å². The number of rotatable bonds is 4. The fourth-order valence-corrected chi connectivity index (χ4v) is 0.910. The summed E-state index contributed by atoms with van der Waals surface area (Å²) in [4.78, 5) is 11.3. The molecule has 0 N–H and O–H groups in total. The van der Waals surface area contributed by atoms with Crippen LogP contribution in [0.5, 0.6) is 0 Å². The molecule has 0 unspecified atom stereocenters. The first kappa shape index (κ1) is 15.9. The Balaban J connectivity index is 3.86. The Morgan fingerprint density at radius 2 is 1.28 bits per heavy atom. The molecule has 1 heteroatoms. The van der Waals surface area contributed by atoms with Crippen LogP contribution >= 0.6 is 0 Å². The summed E-state index contributed by atoms with van der Waals surface area (Å²) in [6, 6.07) is 0. The van der Waals surface area contributed by atoms with Crippen molar-refractivity contribution in [3.05, 3.63) is 0 Å². The van der Waals surface area contributed by atoms with Crippen molar-refractivity contribution < 1.29 is 4.79 Å². The molecular formula is C17H18O. The highest BCUT2D eigenvalue weighted by molar-refractivity contribution is 5.96. The van der Waals surface area contributed by atoms with Crippen LogP contribution in [0.1, 0.15) is 52.4 Å². The lowest BCUT2D eigenvalue weighted by Gasteiger charge is -1.82. The molecule has 0 spiro atoms. The maximum Gasteiger partial charge on any atom is 0.207 e. The van der Waals surface area contributed by atoms with Gasteiger partial charge >= 0.3 is 0 Å². The van der Waals surface area contributed by atoms with Crippen molar-refractivity contribution in [2.24, 2.45) is 0 Å². The van der Waals surface area contributed by atoms with Gasteiger partial charge in [0.15, 0.2) is 0 Å². The molecule has 92 valence electrons. The molecule has 1 nitrogen and oxygen atoms in total. The summed E-state index contributed by atoms with van der Waals surface area (Å²) in [5.74, 6) is 21.7. The average molecular weight is 238 g/mol. The van der Waals surface area contributed by atoms with E-state index in [1.165, 1.54) is 0 Å². The Morgan fingerprint density at radius 1 is 0.778 bits per heavy atom. The SMILES string of the molecule is CCCC#CC#CCCC(=O)C#CC#CCCC. The Morgan fingerprint density at radius 3 is 1.83 bits per heavy atom. The second-order valence-corrected chi connectivity index (χ2v) is 3.58. The van der Waals surface area contributed by atoms with Crippen molar-refractivity contribution in [2.45, 2.75) is 52.4 Å². The molecule has 0 saturated heterocycles. The summed E-state index contributed by atoms with van der Waals surface area (Å²) < 4.78 is 0. The lowest BCUT2D eigenvalue weighted by atomic mass is 10.2. The first-order valence-corrected chi connectivity index (χ1v) is 6.28. The van der Waals surface area contributed by atoms with E-state index in [4.69, 9.17) is 0 Å². The summed E-state index contributed by atoms with van der Waals surface area (Å²) >= 11 is 0. The van der Waals surface area contributed by atoms with E-state index in [-0.39, 0.29) is 5.78 Å². The third-order valence-corrected chi connectivity index (χ3v) is 1.82. The van der Waals surface area contributed by atoms with Gasteiger partial charge in [0.05, 0.1) is 0 Å². The lowest BCUT2D eigenvalue weighted by molar-refractivity contribution is -0.113. The highest BCUT2D eigenvalue weighted by Crippen LogP contribution is 1.87. The second-order valence-electron chi connectivity index (χ2n) is 3.58. The van der Waals surface area contributed by atoms with E-state index in [0.29, 0.717) is 12.8 Å². The molecule has 0 aliphatic rings. The summed E-state index contributed by atoms with van der Waals surface area (Å²) in [5.41, 5.74) is 0. The molecule has 0 saturated carbocycles. The van der Waals surface area contributed by atoms with E-state index in [1.54, 1.807) is 0 Å². The lowest BCUT2D eigenvalue weighted by Crippen LogP contribution is -1.90. The Labute approximate surface area is 111 Å². The Hall–Kier alpha value is -2.09. The van der Waals surface area contributed by atoms with Gasteiger partial charge in [-0.05, 0) is 42.4 Å². The topological polar surface area (TPSA) is 17.1 Å². The molecule has 0 rings (SSSR count). The van der Waals surface area contributed by atoms with Crippen molar-refractivity contribution in [3.63, 3.8) is 0 Å². The van der Waals surface area contributed by atoms with Gasteiger partial charge in [-0.2, -0.15) is 0 Å². The minimum absolute atomic E-state index is 0.114. The van der Waals surface area contributed by atoms with Crippen LogP contribution in [0.3, 0.4) is 0 Å². The van der Waals surface area contributed by atoms with Crippen molar-refractivity contribution in [2.75, 3.05) is 0 Å². The number of ketones is 1. The maximum absolute atomic E-state index is 11.3. The highest BCUT2D eigenvalue weighted by atomic mass is 16.1. The molecule has 0 aliphatic carbocycles. The van der Waals surface area contributed by atoms with E-state index in [0.717, 1.165) is 25.7 Å². The monoisotopic (exact) mass is 238 g/mol. The van der Waals surface area contributed by atoms with Crippen LogP contribution in [0.15, 0.2) is 0 Å². The fraction of sp³-hybridized carbons (Fsp3) is 0.471. The smallest absolute Gasteiger partial charge is 0.207 e. The number of carbonyl (C=O) groups excluding carboxylic acids is 1. The molecule has 0 aromatic carbocycles. The van der Waals surface area contributed by atoms with Crippen LogP contribution in [0.2, 0.25) is 0 Å². The summed E-state index contributed by atoms with van der Waals surface area (Å²) in [6.45, 7) is 4.12. The predicted octanol–water partition coefficient (Wildman–Crippen LogP) is 2.95. The number of hydrogen-bond acceptors (Lipinski definition) is 1. The van der Waals surface area contributed by atoms with Crippen molar-refractivity contribution in [1.82, 2.24) is 0 Å². The minimum Gasteiger partial charge on any atom is -0.285 e. The molecule has 18 heavy (non-hydrogen) atoms. The summed E-state index contributed by atoms with van der Waals surface area (Å²) in [5, 5.41) is 0. The maximum atomic E-state index is 11.3. The number of Topliss-reactive ketones (excluding diaryl/α,β-unsaturated/α-hetero) is 1. The van der Waals surface area contributed by atoms with E-state index in [2.05, 4.69) is 61.2 Å². The van der Waals surface area contributed by atoms with Gasteiger partial charge in [0, 0.05) is 25.7 Å². The largest absolute Gasteiger partial charge is 0.285 e. The van der Waals surface area contributed by atoms with Crippen LogP contribution in [0, 0.1) is 47.4 Å². The van der Waals surface area contributed by atoms with Crippen LogP contribution in [0.25, 0.3) is 0 Å². The van der Waals surface area contributed by atoms with Crippen LogP contribution in [-0.4, -0.2) is 5.78 Å². The molecule has 0 heterocycles. The fourth-order valence-electron chi connectivity index (χ4n) is 0.910. The van der Waals surface area contributed by atoms with Crippen molar-refractivity contribution in [3.8, 4) is 47.4 Å². The van der Waals surface area contributed by atoms with Crippen LogP contribution in [0.4, 0.5) is 0 Å². The van der Waals surface area contributed by atoms with Gasteiger partial charge in [-0.3, -0.25) is 4.79 Å². The minimum atomic E-state index is -0.114. The molecule has 0 aromatic rings. The highest BCUT2D eigenvalue weighted by Gasteiger charge is 1.92. The first-order chi connectivity index (χ1) is 8.81. The molecule has 0 amide bonds. The van der Waals surface area contributed by atoms with Gasteiger partial charge in [-0.25, -0.2) is 0 Å².